The summed E-state index contributed by atoms with van der Waals surface area (Å²) in [4.78, 5) is 25.7. The van der Waals surface area contributed by atoms with E-state index < -0.39 is 5.60 Å². The Bertz CT molecular complexity index is 402. The Morgan fingerprint density at radius 2 is 1.65 bits per heavy atom. The number of alkyl carbamates (subject to hydrolysis) is 1. The van der Waals surface area contributed by atoms with Gasteiger partial charge in [-0.25, -0.2) is 4.79 Å². The third-order valence-electron chi connectivity index (χ3n) is 3.52. The van der Waals surface area contributed by atoms with Crippen molar-refractivity contribution in [1.82, 2.24) is 15.5 Å². The van der Waals surface area contributed by atoms with E-state index in [4.69, 9.17) is 4.74 Å². The molecule has 1 rings (SSSR count). The molecule has 0 radical (unpaired) electrons. The number of nitrogens with one attached hydrogen (secondary N) is 2. The second-order valence-electron chi connectivity index (χ2n) is 8.40. The number of carbonyl (C=O) groups is 2. The molecule has 1 aliphatic heterocycles. The second-order valence-corrected chi connectivity index (χ2v) is 8.40. The Hall–Kier alpha value is -1.30. The minimum atomic E-state index is -0.464. The van der Waals surface area contributed by atoms with E-state index >= 15 is 0 Å². The van der Waals surface area contributed by atoms with Crippen molar-refractivity contribution in [3.8, 4) is 0 Å². The minimum Gasteiger partial charge on any atom is -0.444 e. The van der Waals surface area contributed by atoms with Crippen LogP contribution in [0.4, 0.5) is 4.79 Å². The molecule has 0 aromatic rings. The van der Waals surface area contributed by atoms with Crippen LogP contribution in [-0.4, -0.2) is 54.2 Å². The molecule has 1 heterocycles. The van der Waals surface area contributed by atoms with Gasteiger partial charge in [0.1, 0.15) is 5.60 Å². The molecule has 134 valence electrons. The molecule has 0 aromatic carbocycles. The van der Waals surface area contributed by atoms with Crippen molar-refractivity contribution >= 4 is 12.0 Å². The summed E-state index contributed by atoms with van der Waals surface area (Å²) in [5.74, 6) is 0.521. The highest BCUT2D eigenvalue weighted by molar-refractivity contribution is 5.78. The molecular formula is C17H33N3O3. The first-order valence-electron chi connectivity index (χ1n) is 8.45. The van der Waals surface area contributed by atoms with Crippen LogP contribution in [0, 0.1) is 5.92 Å². The molecule has 0 spiro atoms. The van der Waals surface area contributed by atoms with Crippen LogP contribution < -0.4 is 10.6 Å². The Morgan fingerprint density at radius 1 is 1.09 bits per heavy atom. The van der Waals surface area contributed by atoms with Gasteiger partial charge in [-0.1, -0.05) is 0 Å². The number of amides is 2. The highest BCUT2D eigenvalue weighted by Gasteiger charge is 2.23. The first-order valence-corrected chi connectivity index (χ1v) is 8.45. The fourth-order valence-electron chi connectivity index (χ4n) is 2.55. The molecule has 0 aromatic heterocycles. The molecule has 0 atom stereocenters. The number of piperidine rings is 1. The molecule has 1 fully saturated rings. The number of carbonyl (C=O) groups excluding carboxylic acids is 2. The molecule has 1 saturated heterocycles. The lowest BCUT2D eigenvalue weighted by atomic mass is 9.97. The Kier molecular flexibility index (Phi) is 6.86. The highest BCUT2D eigenvalue weighted by atomic mass is 16.6. The van der Waals surface area contributed by atoms with Crippen LogP contribution in [0.25, 0.3) is 0 Å². The number of ether oxygens (including phenoxy) is 1. The zero-order chi connectivity index (χ0) is 17.7. The summed E-state index contributed by atoms with van der Waals surface area (Å²) in [6.45, 7) is 14.4. The van der Waals surface area contributed by atoms with E-state index in [1.54, 1.807) is 0 Å². The summed E-state index contributed by atoms with van der Waals surface area (Å²) in [6.07, 6.45) is 1.61. The smallest absolute Gasteiger partial charge is 0.407 e. The molecule has 2 amide bonds. The van der Waals surface area contributed by atoms with Crippen molar-refractivity contribution in [1.29, 1.82) is 0 Å². The number of likely N-dealkylation sites (tertiary alicyclic amines) is 1. The summed E-state index contributed by atoms with van der Waals surface area (Å²) in [6, 6.07) is 0. The first-order chi connectivity index (χ1) is 10.4. The Balaban J connectivity index is 2.23. The summed E-state index contributed by atoms with van der Waals surface area (Å²) in [5.41, 5.74) is -0.652. The Labute approximate surface area is 140 Å². The summed E-state index contributed by atoms with van der Waals surface area (Å²) in [5, 5.41) is 5.82. The average Bonchev–Trinajstić information content (AvgIpc) is 2.33. The van der Waals surface area contributed by atoms with E-state index in [9.17, 15) is 9.59 Å². The van der Waals surface area contributed by atoms with Gasteiger partial charge in [0.25, 0.3) is 0 Å². The van der Waals surface area contributed by atoms with Crippen LogP contribution in [0.2, 0.25) is 0 Å². The van der Waals surface area contributed by atoms with Crippen molar-refractivity contribution in [3.05, 3.63) is 0 Å². The molecule has 23 heavy (non-hydrogen) atoms. The lowest BCUT2D eigenvalue weighted by Gasteiger charge is -2.32. The normalized spacial score (nSPS) is 17.7. The number of nitrogens with zero attached hydrogens (tertiary/aromatic N) is 1. The largest absolute Gasteiger partial charge is 0.444 e. The Morgan fingerprint density at radius 3 is 2.13 bits per heavy atom. The maximum Gasteiger partial charge on any atom is 0.407 e. The predicted octanol–water partition coefficient (Wildman–Crippen LogP) is 2.14. The fraction of sp³-hybridized carbons (Fsp3) is 0.882. The topological polar surface area (TPSA) is 70.7 Å². The third kappa shape index (κ3) is 9.43. The van der Waals surface area contributed by atoms with Crippen molar-refractivity contribution in [3.63, 3.8) is 0 Å². The number of rotatable bonds is 4. The molecule has 0 bridgehead atoms. The highest BCUT2D eigenvalue weighted by Crippen LogP contribution is 2.16. The third-order valence-corrected chi connectivity index (χ3v) is 3.52. The van der Waals surface area contributed by atoms with Crippen LogP contribution in [0.1, 0.15) is 54.4 Å². The summed E-state index contributed by atoms with van der Waals surface area (Å²) in [7, 11) is 0. The van der Waals surface area contributed by atoms with Gasteiger partial charge in [0, 0.05) is 12.1 Å². The summed E-state index contributed by atoms with van der Waals surface area (Å²) < 4.78 is 5.24. The lowest BCUT2D eigenvalue weighted by Crippen LogP contribution is -2.48. The van der Waals surface area contributed by atoms with Crippen LogP contribution >= 0.6 is 0 Å². The molecule has 2 N–H and O–H groups in total. The summed E-state index contributed by atoms with van der Waals surface area (Å²) >= 11 is 0. The van der Waals surface area contributed by atoms with Gasteiger partial charge >= 0.3 is 6.09 Å². The van der Waals surface area contributed by atoms with Crippen molar-refractivity contribution in [2.24, 2.45) is 5.92 Å². The monoisotopic (exact) mass is 327 g/mol. The van der Waals surface area contributed by atoms with Crippen molar-refractivity contribution in [2.45, 2.75) is 65.5 Å². The molecule has 6 nitrogen and oxygen atoms in total. The van der Waals surface area contributed by atoms with E-state index in [2.05, 4.69) is 15.5 Å². The van der Waals surface area contributed by atoms with Gasteiger partial charge in [-0.05, 0) is 73.4 Å². The van der Waals surface area contributed by atoms with Gasteiger partial charge in [0.2, 0.25) is 5.91 Å². The molecule has 0 aliphatic carbocycles. The predicted molar refractivity (Wildman–Crippen MR) is 91.3 cm³/mol. The molecule has 1 aliphatic rings. The zero-order valence-electron chi connectivity index (χ0n) is 15.5. The van der Waals surface area contributed by atoms with Crippen LogP contribution in [0.5, 0.6) is 0 Å². The lowest BCUT2D eigenvalue weighted by molar-refractivity contribution is -0.124. The maximum absolute atomic E-state index is 11.9. The van der Waals surface area contributed by atoms with Gasteiger partial charge in [-0.2, -0.15) is 0 Å². The SMILES string of the molecule is CC(C)(C)NC(=O)CN1CCC(CNC(=O)OC(C)(C)C)CC1. The van der Waals surface area contributed by atoms with Crippen LogP contribution in [-0.2, 0) is 9.53 Å². The molecule has 6 heteroatoms. The van der Waals surface area contributed by atoms with Gasteiger partial charge in [0.05, 0.1) is 6.54 Å². The zero-order valence-corrected chi connectivity index (χ0v) is 15.5. The number of hydrogen-bond donors (Lipinski definition) is 2. The second kappa shape index (κ2) is 7.99. The van der Waals surface area contributed by atoms with Gasteiger partial charge < -0.3 is 15.4 Å². The van der Waals surface area contributed by atoms with E-state index in [-0.39, 0.29) is 17.5 Å². The molecule has 0 saturated carbocycles. The van der Waals surface area contributed by atoms with Crippen LogP contribution in [0.15, 0.2) is 0 Å². The average molecular weight is 327 g/mol. The fourth-order valence-corrected chi connectivity index (χ4v) is 2.55. The molecular weight excluding hydrogens is 294 g/mol. The standard InChI is InChI=1S/C17H33N3O3/c1-16(2,3)19-14(21)12-20-9-7-13(8-10-20)11-18-15(22)23-17(4,5)6/h13H,7-12H2,1-6H3,(H,18,22)(H,19,21). The van der Waals surface area contributed by atoms with Crippen molar-refractivity contribution < 1.29 is 14.3 Å². The van der Waals surface area contributed by atoms with E-state index in [0.717, 1.165) is 25.9 Å². The van der Waals surface area contributed by atoms with E-state index in [0.29, 0.717) is 19.0 Å². The molecule has 0 unspecified atom stereocenters. The number of hydrogen-bond acceptors (Lipinski definition) is 4. The first kappa shape index (κ1) is 19.7. The quantitative estimate of drug-likeness (QED) is 0.830. The van der Waals surface area contributed by atoms with E-state index in [1.165, 1.54) is 0 Å². The minimum absolute atomic E-state index is 0.0721. The maximum atomic E-state index is 11.9. The van der Waals surface area contributed by atoms with Gasteiger partial charge in [-0.15, -0.1) is 0 Å². The van der Waals surface area contributed by atoms with Gasteiger partial charge in [-0.3, -0.25) is 9.69 Å². The van der Waals surface area contributed by atoms with E-state index in [1.807, 2.05) is 41.5 Å². The van der Waals surface area contributed by atoms with Crippen LogP contribution in [0.3, 0.4) is 0 Å². The van der Waals surface area contributed by atoms with Crippen molar-refractivity contribution in [2.75, 3.05) is 26.2 Å². The van der Waals surface area contributed by atoms with Gasteiger partial charge in [0.15, 0.2) is 0 Å².